The van der Waals surface area contributed by atoms with E-state index in [1.54, 1.807) is 65.8 Å². The third kappa shape index (κ3) is 9.96. The minimum absolute atomic E-state index is 0.0412. The molecule has 16 nitrogen and oxygen atoms in total. The van der Waals surface area contributed by atoms with Crippen LogP contribution < -0.4 is 15.3 Å². The van der Waals surface area contributed by atoms with E-state index in [0.29, 0.717) is 11.2 Å². The average molecular weight is 776 g/mol. The molecule has 4 rings (SSSR count). The summed E-state index contributed by atoms with van der Waals surface area (Å²) < 4.78 is 57.4. The standard InChI is InChI=1S/C37H54N5O11P/c1-21(2)33(43)50-30-28(52-37(10,31(30)51-34(44)22(3)4)29-17-16-27-32(38)39-20-40-42(27)29)19-49-54(46,41-24(6)35(45)48-18-23(5)47-11)53-26-14-12-25(13-15-26)36(7,8)9/h12-17,20-24,28,30-31H,18-19H2,1-11H3,(H,41,46)(H2,38,39,40)/t23?,24-,28+,30+,31+,37-,54?/m0/s1. The molecule has 17 heteroatoms. The summed E-state index contributed by atoms with van der Waals surface area (Å²) in [7, 11) is -2.97. The van der Waals surface area contributed by atoms with Crippen LogP contribution in [-0.2, 0) is 58.2 Å². The van der Waals surface area contributed by atoms with Gasteiger partial charge in [-0.2, -0.15) is 10.2 Å². The maximum atomic E-state index is 14.6. The van der Waals surface area contributed by atoms with Crippen LogP contribution in [0.25, 0.3) is 5.52 Å². The predicted octanol–water partition coefficient (Wildman–Crippen LogP) is 5.12. The van der Waals surface area contributed by atoms with Gasteiger partial charge in [-0.15, -0.1) is 0 Å². The first-order valence-electron chi connectivity index (χ1n) is 17.9. The SMILES string of the molecule is COC(C)COC(=O)[C@H](C)NP(=O)(OC[C@H]1O[C@@](C)(c2ccc3c(N)ncnn23)[C@H](OC(=O)C(C)C)[C@@H]1OC(=O)C(C)C)Oc1ccc(C(C)(C)C)cc1. The lowest BCUT2D eigenvalue weighted by molar-refractivity contribution is -0.175. The Labute approximate surface area is 316 Å². The fourth-order valence-corrected chi connectivity index (χ4v) is 7.07. The number of nitrogens with one attached hydrogen (secondary N) is 1. The van der Waals surface area contributed by atoms with Gasteiger partial charge in [-0.05, 0) is 56.0 Å². The number of aromatic nitrogens is 3. The Morgan fingerprint density at radius 1 is 0.981 bits per heavy atom. The number of benzene rings is 1. The molecule has 0 aliphatic carbocycles. The van der Waals surface area contributed by atoms with Crippen LogP contribution >= 0.6 is 7.75 Å². The molecule has 0 saturated carbocycles. The normalized spacial score (nSPS) is 22.5. The zero-order chi connectivity index (χ0) is 40.2. The van der Waals surface area contributed by atoms with E-state index >= 15 is 0 Å². The number of nitrogens with zero attached hydrogens (tertiary/aromatic N) is 3. The van der Waals surface area contributed by atoms with Crippen molar-refractivity contribution in [2.24, 2.45) is 11.8 Å². The molecule has 1 aromatic carbocycles. The Kier molecular flexibility index (Phi) is 13.6. The fraction of sp³-hybridized carbons (Fsp3) is 0.595. The maximum Gasteiger partial charge on any atom is 0.459 e. The van der Waals surface area contributed by atoms with Gasteiger partial charge in [0.05, 0.1) is 30.2 Å². The first-order valence-corrected chi connectivity index (χ1v) is 19.4. The van der Waals surface area contributed by atoms with E-state index < -0.39 is 74.1 Å². The molecule has 1 saturated heterocycles. The molecule has 54 heavy (non-hydrogen) atoms. The van der Waals surface area contributed by atoms with E-state index in [1.807, 2.05) is 12.1 Å². The molecule has 0 amide bonds. The molecule has 7 atom stereocenters. The number of nitrogen functional groups attached to an aromatic ring is 1. The van der Waals surface area contributed by atoms with Crippen LogP contribution in [0.2, 0.25) is 0 Å². The molecule has 2 unspecified atom stereocenters. The fourth-order valence-electron chi connectivity index (χ4n) is 5.57. The molecule has 1 fully saturated rings. The number of ether oxygens (including phenoxy) is 5. The quantitative estimate of drug-likeness (QED) is 0.110. The smallest absolute Gasteiger partial charge is 0.459 e. The molecule has 0 radical (unpaired) electrons. The van der Waals surface area contributed by atoms with Gasteiger partial charge in [-0.3, -0.25) is 18.9 Å². The highest BCUT2D eigenvalue weighted by atomic mass is 31.2. The highest BCUT2D eigenvalue weighted by Gasteiger charge is 2.59. The third-order valence-corrected chi connectivity index (χ3v) is 10.6. The molecule has 298 valence electrons. The van der Waals surface area contributed by atoms with E-state index in [4.69, 9.17) is 38.5 Å². The number of methoxy groups -OCH3 is 1. The number of esters is 3. The van der Waals surface area contributed by atoms with Crippen molar-refractivity contribution in [2.45, 2.75) is 111 Å². The molecule has 3 N–H and O–H groups in total. The zero-order valence-electron chi connectivity index (χ0n) is 32.9. The highest BCUT2D eigenvalue weighted by Crippen LogP contribution is 2.49. The van der Waals surface area contributed by atoms with Gasteiger partial charge in [-0.25, -0.2) is 14.1 Å². The largest absolute Gasteiger partial charge is 0.462 e. The lowest BCUT2D eigenvalue weighted by Crippen LogP contribution is -2.46. The first-order chi connectivity index (χ1) is 25.2. The number of hydrogen-bond donors (Lipinski definition) is 2. The Hall–Kier alpha value is -4.08. The second-order valence-electron chi connectivity index (χ2n) is 15.2. The summed E-state index contributed by atoms with van der Waals surface area (Å²) in [6, 6.07) is 9.16. The van der Waals surface area contributed by atoms with Gasteiger partial charge >= 0.3 is 25.7 Å². The second kappa shape index (κ2) is 17.2. The molecule has 2 aromatic heterocycles. The molecule has 0 bridgehead atoms. The van der Waals surface area contributed by atoms with Crippen molar-refractivity contribution in [1.82, 2.24) is 19.7 Å². The Balaban J connectivity index is 1.74. The van der Waals surface area contributed by atoms with E-state index in [0.717, 1.165) is 5.56 Å². The average Bonchev–Trinajstić information content (AvgIpc) is 3.66. The van der Waals surface area contributed by atoms with Crippen molar-refractivity contribution >= 4 is 37.0 Å². The highest BCUT2D eigenvalue weighted by molar-refractivity contribution is 7.52. The van der Waals surface area contributed by atoms with Crippen molar-refractivity contribution in [3.05, 3.63) is 54.0 Å². The summed E-state index contributed by atoms with van der Waals surface area (Å²) in [6.07, 6.45) is -2.81. The molecule has 1 aliphatic rings. The number of carbonyl (C=O) groups is 3. The number of rotatable bonds is 16. The number of hydrogen-bond acceptors (Lipinski definition) is 14. The topological polar surface area (TPSA) is 201 Å². The molecule has 3 heterocycles. The van der Waals surface area contributed by atoms with Gasteiger partial charge in [0.25, 0.3) is 0 Å². The lowest BCUT2D eigenvalue weighted by Gasteiger charge is -2.31. The Morgan fingerprint density at radius 3 is 2.20 bits per heavy atom. The Bertz CT molecular complexity index is 1830. The molecular formula is C37H54N5O11P. The van der Waals surface area contributed by atoms with Crippen molar-refractivity contribution in [1.29, 1.82) is 0 Å². The third-order valence-electron chi connectivity index (χ3n) is 8.96. The molecule has 0 spiro atoms. The summed E-state index contributed by atoms with van der Waals surface area (Å²) in [4.78, 5) is 43.5. The van der Waals surface area contributed by atoms with E-state index in [-0.39, 0.29) is 29.7 Å². The summed E-state index contributed by atoms with van der Waals surface area (Å²) in [5, 5.41) is 7.03. The van der Waals surface area contributed by atoms with E-state index in [9.17, 15) is 18.9 Å². The lowest BCUT2D eigenvalue weighted by atomic mass is 9.87. The second-order valence-corrected chi connectivity index (χ2v) is 16.9. The maximum absolute atomic E-state index is 14.6. The van der Waals surface area contributed by atoms with Gasteiger partial charge in [0.15, 0.2) is 18.0 Å². The minimum atomic E-state index is -4.46. The number of carbonyl (C=O) groups excluding carboxylic acids is 3. The summed E-state index contributed by atoms with van der Waals surface area (Å²) in [5.41, 5.74) is 6.31. The van der Waals surface area contributed by atoms with E-state index in [1.165, 1.54) is 24.9 Å². The number of anilines is 1. The Morgan fingerprint density at radius 2 is 1.61 bits per heavy atom. The van der Waals surface area contributed by atoms with Crippen molar-refractivity contribution < 1.29 is 51.7 Å². The van der Waals surface area contributed by atoms with Gasteiger partial charge in [-0.1, -0.05) is 60.6 Å². The van der Waals surface area contributed by atoms with Crippen LogP contribution in [0, 0.1) is 11.8 Å². The van der Waals surface area contributed by atoms with Crippen molar-refractivity contribution in [2.75, 3.05) is 26.1 Å². The van der Waals surface area contributed by atoms with Crippen LogP contribution in [0.3, 0.4) is 0 Å². The van der Waals surface area contributed by atoms with Crippen LogP contribution in [0.4, 0.5) is 5.82 Å². The molecule has 1 aliphatic heterocycles. The molecule has 3 aromatic rings. The van der Waals surface area contributed by atoms with Gasteiger partial charge < -0.3 is 33.9 Å². The van der Waals surface area contributed by atoms with Crippen LogP contribution in [-0.4, -0.2) is 83.3 Å². The summed E-state index contributed by atoms with van der Waals surface area (Å²) in [6.45, 7) is 17.1. The van der Waals surface area contributed by atoms with Crippen LogP contribution in [0.5, 0.6) is 5.75 Å². The van der Waals surface area contributed by atoms with Gasteiger partial charge in [0.1, 0.15) is 41.9 Å². The van der Waals surface area contributed by atoms with Gasteiger partial charge in [0.2, 0.25) is 0 Å². The minimum Gasteiger partial charge on any atom is -0.462 e. The monoisotopic (exact) mass is 775 g/mol. The summed E-state index contributed by atoms with van der Waals surface area (Å²) >= 11 is 0. The van der Waals surface area contributed by atoms with Crippen LogP contribution in [0.1, 0.15) is 80.5 Å². The number of nitrogens with two attached hydrogens (primary N) is 1. The first kappa shape index (κ1) is 42.7. The van der Waals surface area contributed by atoms with Crippen LogP contribution in [0.15, 0.2) is 42.7 Å². The number of fused-ring (bicyclic) bond motifs is 1. The predicted molar refractivity (Wildman–Crippen MR) is 198 cm³/mol. The van der Waals surface area contributed by atoms with E-state index in [2.05, 4.69) is 35.9 Å². The summed E-state index contributed by atoms with van der Waals surface area (Å²) in [5.74, 6) is -2.65. The van der Waals surface area contributed by atoms with Gasteiger partial charge in [0, 0.05) is 7.11 Å². The zero-order valence-corrected chi connectivity index (χ0v) is 33.7. The van der Waals surface area contributed by atoms with Crippen molar-refractivity contribution in [3.8, 4) is 5.75 Å². The van der Waals surface area contributed by atoms with Crippen molar-refractivity contribution in [3.63, 3.8) is 0 Å². The molecular weight excluding hydrogens is 721 g/mol.